The zero-order chi connectivity index (χ0) is 21.7. The average molecular weight is 408 g/mol. The lowest BCUT2D eigenvalue weighted by molar-refractivity contribution is -0.127. The fourth-order valence-electron chi connectivity index (χ4n) is 3.83. The molecule has 2 unspecified atom stereocenters. The fourth-order valence-corrected chi connectivity index (χ4v) is 3.83. The summed E-state index contributed by atoms with van der Waals surface area (Å²) in [6.07, 6.45) is 0. The van der Waals surface area contributed by atoms with Gasteiger partial charge in [0.2, 0.25) is 5.91 Å². The van der Waals surface area contributed by atoms with Crippen molar-refractivity contribution >= 4 is 11.8 Å². The van der Waals surface area contributed by atoms with Crippen LogP contribution in [0.5, 0.6) is 0 Å². The standard InChI is InChI=1S/C25H33N3O2/c1-18(2)21-10-12-23(13-11-21)25(30)28-16-14-27(15-17-28)20(4)24(29)26-19(3)22-8-6-5-7-9-22/h5-13,18-20H,14-17H2,1-4H3,(H,26,29). The van der Waals surface area contributed by atoms with Crippen LogP contribution in [0.4, 0.5) is 0 Å². The number of benzene rings is 2. The highest BCUT2D eigenvalue weighted by Crippen LogP contribution is 2.17. The van der Waals surface area contributed by atoms with Crippen LogP contribution in [0.3, 0.4) is 0 Å². The van der Waals surface area contributed by atoms with E-state index in [9.17, 15) is 9.59 Å². The minimum Gasteiger partial charge on any atom is -0.348 e. The van der Waals surface area contributed by atoms with Crippen LogP contribution in [0, 0.1) is 0 Å². The number of carbonyl (C=O) groups excluding carboxylic acids is 2. The van der Waals surface area contributed by atoms with E-state index in [2.05, 4.69) is 24.1 Å². The van der Waals surface area contributed by atoms with Gasteiger partial charge in [0.25, 0.3) is 5.91 Å². The predicted molar refractivity (Wildman–Crippen MR) is 120 cm³/mol. The highest BCUT2D eigenvalue weighted by molar-refractivity contribution is 5.94. The fraction of sp³-hybridized carbons (Fsp3) is 0.440. The average Bonchev–Trinajstić information content (AvgIpc) is 2.78. The summed E-state index contributed by atoms with van der Waals surface area (Å²) in [5, 5.41) is 3.11. The quantitative estimate of drug-likeness (QED) is 0.792. The molecule has 160 valence electrons. The van der Waals surface area contributed by atoms with Crippen molar-refractivity contribution in [3.05, 3.63) is 71.3 Å². The Morgan fingerprint density at radius 1 is 0.800 bits per heavy atom. The monoisotopic (exact) mass is 407 g/mol. The smallest absolute Gasteiger partial charge is 0.253 e. The van der Waals surface area contributed by atoms with Crippen LogP contribution < -0.4 is 5.32 Å². The van der Waals surface area contributed by atoms with Gasteiger partial charge in [0, 0.05) is 31.7 Å². The molecule has 0 saturated carbocycles. The van der Waals surface area contributed by atoms with Gasteiger partial charge in [-0.25, -0.2) is 0 Å². The molecule has 1 fully saturated rings. The van der Waals surface area contributed by atoms with Crippen molar-refractivity contribution in [3.63, 3.8) is 0 Å². The molecule has 0 aromatic heterocycles. The Kier molecular flexibility index (Phi) is 7.27. The summed E-state index contributed by atoms with van der Waals surface area (Å²) >= 11 is 0. The van der Waals surface area contributed by atoms with E-state index in [0.29, 0.717) is 32.1 Å². The zero-order valence-electron chi connectivity index (χ0n) is 18.5. The molecule has 2 amide bonds. The van der Waals surface area contributed by atoms with Crippen molar-refractivity contribution in [3.8, 4) is 0 Å². The number of rotatable bonds is 6. The SMILES string of the molecule is CC(C)c1ccc(C(=O)N2CCN(C(C)C(=O)NC(C)c3ccccc3)CC2)cc1. The van der Waals surface area contributed by atoms with E-state index in [4.69, 9.17) is 0 Å². The maximum absolute atomic E-state index is 12.8. The molecule has 2 atom stereocenters. The molecule has 1 heterocycles. The molecule has 2 aromatic carbocycles. The normalized spacial score (nSPS) is 16.9. The number of amides is 2. The molecule has 1 N–H and O–H groups in total. The van der Waals surface area contributed by atoms with Crippen LogP contribution in [0.25, 0.3) is 0 Å². The summed E-state index contributed by atoms with van der Waals surface area (Å²) < 4.78 is 0. The Morgan fingerprint density at radius 3 is 1.97 bits per heavy atom. The third kappa shape index (κ3) is 5.28. The minimum absolute atomic E-state index is 0.0235. The summed E-state index contributed by atoms with van der Waals surface area (Å²) in [6, 6.07) is 17.6. The third-order valence-corrected chi connectivity index (χ3v) is 6.01. The molecule has 2 aromatic rings. The highest BCUT2D eigenvalue weighted by Gasteiger charge is 2.28. The Morgan fingerprint density at radius 2 is 1.40 bits per heavy atom. The van der Waals surface area contributed by atoms with E-state index >= 15 is 0 Å². The molecule has 1 aliphatic rings. The van der Waals surface area contributed by atoms with Crippen molar-refractivity contribution in [2.75, 3.05) is 26.2 Å². The maximum Gasteiger partial charge on any atom is 0.253 e. The lowest BCUT2D eigenvalue weighted by atomic mass is 10.0. The predicted octanol–water partition coefficient (Wildman–Crippen LogP) is 3.83. The Balaban J connectivity index is 1.51. The summed E-state index contributed by atoms with van der Waals surface area (Å²) in [5.41, 5.74) is 3.06. The molecular weight excluding hydrogens is 374 g/mol. The van der Waals surface area contributed by atoms with Crippen molar-refractivity contribution in [1.29, 1.82) is 0 Å². The lowest BCUT2D eigenvalue weighted by Crippen LogP contribution is -2.55. The molecule has 0 spiro atoms. The van der Waals surface area contributed by atoms with Crippen LogP contribution >= 0.6 is 0 Å². The third-order valence-electron chi connectivity index (χ3n) is 6.01. The number of hydrogen-bond acceptors (Lipinski definition) is 3. The first kappa shape index (κ1) is 22.0. The van der Waals surface area contributed by atoms with Gasteiger partial charge in [0.1, 0.15) is 0 Å². The van der Waals surface area contributed by atoms with Crippen molar-refractivity contribution in [2.45, 2.75) is 45.7 Å². The van der Waals surface area contributed by atoms with Gasteiger partial charge in [-0.15, -0.1) is 0 Å². The first-order valence-corrected chi connectivity index (χ1v) is 10.9. The Labute approximate surface area is 180 Å². The number of hydrogen-bond donors (Lipinski definition) is 1. The number of carbonyl (C=O) groups is 2. The minimum atomic E-state index is -0.223. The molecule has 1 saturated heterocycles. The van der Waals surface area contributed by atoms with Crippen LogP contribution in [-0.2, 0) is 4.79 Å². The lowest BCUT2D eigenvalue weighted by Gasteiger charge is -2.37. The summed E-state index contributed by atoms with van der Waals surface area (Å²) in [6.45, 7) is 10.9. The second kappa shape index (κ2) is 9.90. The molecule has 30 heavy (non-hydrogen) atoms. The van der Waals surface area contributed by atoms with Gasteiger partial charge >= 0.3 is 0 Å². The van der Waals surface area contributed by atoms with Crippen molar-refractivity contribution < 1.29 is 9.59 Å². The van der Waals surface area contributed by atoms with E-state index in [1.165, 1.54) is 5.56 Å². The molecule has 5 heteroatoms. The van der Waals surface area contributed by atoms with Crippen LogP contribution in [0.1, 0.15) is 61.1 Å². The summed E-state index contributed by atoms with van der Waals surface area (Å²) in [7, 11) is 0. The van der Waals surface area contributed by atoms with Gasteiger partial charge in [-0.1, -0.05) is 56.3 Å². The first-order chi connectivity index (χ1) is 14.4. The summed E-state index contributed by atoms with van der Waals surface area (Å²) in [4.78, 5) is 29.6. The summed E-state index contributed by atoms with van der Waals surface area (Å²) in [5.74, 6) is 0.546. The Hall–Kier alpha value is -2.66. The molecule has 3 rings (SSSR count). The number of nitrogens with zero attached hydrogens (tertiary/aromatic N) is 2. The first-order valence-electron chi connectivity index (χ1n) is 10.9. The number of nitrogens with one attached hydrogen (secondary N) is 1. The highest BCUT2D eigenvalue weighted by atomic mass is 16.2. The van der Waals surface area contributed by atoms with Crippen LogP contribution in [0.15, 0.2) is 54.6 Å². The van der Waals surface area contributed by atoms with Crippen molar-refractivity contribution in [1.82, 2.24) is 15.1 Å². The molecule has 5 nitrogen and oxygen atoms in total. The van der Waals surface area contributed by atoms with Crippen molar-refractivity contribution in [2.24, 2.45) is 0 Å². The maximum atomic E-state index is 12.8. The van der Waals surface area contributed by atoms with Gasteiger partial charge in [0.05, 0.1) is 12.1 Å². The van der Waals surface area contributed by atoms with E-state index < -0.39 is 0 Å². The van der Waals surface area contributed by atoms with Gasteiger partial charge < -0.3 is 10.2 Å². The van der Waals surface area contributed by atoms with Gasteiger partial charge in [-0.2, -0.15) is 0 Å². The van der Waals surface area contributed by atoms with E-state index in [-0.39, 0.29) is 23.9 Å². The van der Waals surface area contributed by atoms with Gasteiger partial charge in [-0.3, -0.25) is 14.5 Å². The van der Waals surface area contributed by atoms with Gasteiger partial charge in [-0.05, 0) is 43.0 Å². The molecule has 1 aliphatic heterocycles. The van der Waals surface area contributed by atoms with E-state index in [1.54, 1.807) is 0 Å². The van der Waals surface area contributed by atoms with Gasteiger partial charge in [0.15, 0.2) is 0 Å². The van der Waals surface area contributed by atoms with Crippen LogP contribution in [0.2, 0.25) is 0 Å². The number of piperazine rings is 1. The van der Waals surface area contributed by atoms with E-state index in [1.807, 2.05) is 73.3 Å². The van der Waals surface area contributed by atoms with Crippen LogP contribution in [-0.4, -0.2) is 53.8 Å². The molecule has 0 radical (unpaired) electrons. The van der Waals surface area contributed by atoms with E-state index in [0.717, 1.165) is 11.1 Å². The Bertz CT molecular complexity index is 840. The topological polar surface area (TPSA) is 52.7 Å². The second-order valence-electron chi connectivity index (χ2n) is 8.42. The molecular formula is C25H33N3O2. The zero-order valence-corrected chi connectivity index (χ0v) is 18.5. The second-order valence-corrected chi connectivity index (χ2v) is 8.42. The molecule has 0 aliphatic carbocycles. The largest absolute Gasteiger partial charge is 0.348 e. The molecule has 0 bridgehead atoms.